The zero-order chi connectivity index (χ0) is 15.7. The molecular formula is C17H23BrN2O2. The lowest BCUT2D eigenvalue weighted by Crippen LogP contribution is -2.67. The average molecular weight is 367 g/mol. The number of nitrogens with zero attached hydrogens (tertiary/aromatic N) is 2. The van der Waals surface area contributed by atoms with Crippen LogP contribution in [-0.4, -0.2) is 59.1 Å². The van der Waals surface area contributed by atoms with Gasteiger partial charge in [-0.3, -0.25) is 9.69 Å². The molecule has 2 aliphatic rings. The van der Waals surface area contributed by atoms with Crippen molar-refractivity contribution in [1.29, 1.82) is 0 Å². The fourth-order valence-electron chi connectivity index (χ4n) is 3.91. The Balaban J connectivity index is 1.84. The minimum Gasteiger partial charge on any atom is -0.395 e. The summed E-state index contributed by atoms with van der Waals surface area (Å²) in [7, 11) is 0. The van der Waals surface area contributed by atoms with Gasteiger partial charge in [0, 0.05) is 42.5 Å². The standard InChI is InChI=1S/C17H23BrN2O2/c1-12(22)19-8-2-3-9-20-15(10-19)17(16(20)11-21)13-4-6-14(18)7-5-13/h4-7,15-17,21H,2-3,8-11H2,1H3/t15-,16-,17+/m0/s1. The van der Waals surface area contributed by atoms with Crippen LogP contribution in [0.15, 0.2) is 28.7 Å². The summed E-state index contributed by atoms with van der Waals surface area (Å²) in [5.41, 5.74) is 1.26. The molecule has 0 saturated carbocycles. The second-order valence-electron chi connectivity index (χ2n) is 6.30. The summed E-state index contributed by atoms with van der Waals surface area (Å²) < 4.78 is 1.07. The van der Waals surface area contributed by atoms with Gasteiger partial charge in [0.05, 0.1) is 6.61 Å². The Morgan fingerprint density at radius 2 is 1.95 bits per heavy atom. The van der Waals surface area contributed by atoms with Gasteiger partial charge >= 0.3 is 0 Å². The average Bonchev–Trinajstić information content (AvgIpc) is 2.47. The molecule has 3 rings (SSSR count). The van der Waals surface area contributed by atoms with Gasteiger partial charge in [0.25, 0.3) is 0 Å². The fourth-order valence-corrected chi connectivity index (χ4v) is 4.18. The largest absolute Gasteiger partial charge is 0.395 e. The summed E-state index contributed by atoms with van der Waals surface area (Å²) in [5, 5.41) is 9.82. The zero-order valence-electron chi connectivity index (χ0n) is 12.9. The summed E-state index contributed by atoms with van der Waals surface area (Å²) in [6.07, 6.45) is 2.13. The molecule has 0 aliphatic carbocycles. The van der Waals surface area contributed by atoms with Gasteiger partial charge in [-0.15, -0.1) is 0 Å². The van der Waals surface area contributed by atoms with Gasteiger partial charge in [-0.05, 0) is 37.1 Å². The second kappa shape index (κ2) is 6.69. The van der Waals surface area contributed by atoms with Crippen molar-refractivity contribution >= 4 is 21.8 Å². The van der Waals surface area contributed by atoms with Crippen LogP contribution in [0.4, 0.5) is 0 Å². The van der Waals surface area contributed by atoms with Crippen LogP contribution < -0.4 is 0 Å². The molecule has 120 valence electrons. The number of benzene rings is 1. The number of amides is 1. The van der Waals surface area contributed by atoms with Gasteiger partial charge in [-0.1, -0.05) is 28.1 Å². The lowest BCUT2D eigenvalue weighted by molar-refractivity contribution is -0.134. The van der Waals surface area contributed by atoms with Crippen molar-refractivity contribution in [2.45, 2.75) is 37.8 Å². The highest BCUT2D eigenvalue weighted by Gasteiger charge is 2.49. The second-order valence-corrected chi connectivity index (χ2v) is 7.22. The first-order valence-electron chi connectivity index (χ1n) is 7.99. The summed E-state index contributed by atoms with van der Waals surface area (Å²) in [6, 6.07) is 8.87. The topological polar surface area (TPSA) is 43.8 Å². The highest BCUT2D eigenvalue weighted by Crippen LogP contribution is 2.42. The summed E-state index contributed by atoms with van der Waals surface area (Å²) >= 11 is 3.47. The van der Waals surface area contributed by atoms with Crippen molar-refractivity contribution in [1.82, 2.24) is 9.80 Å². The molecule has 0 bridgehead atoms. The van der Waals surface area contributed by atoms with E-state index in [9.17, 15) is 9.90 Å². The van der Waals surface area contributed by atoms with Crippen molar-refractivity contribution in [3.05, 3.63) is 34.3 Å². The molecule has 1 amide bonds. The van der Waals surface area contributed by atoms with Crippen LogP contribution in [0.3, 0.4) is 0 Å². The number of halogens is 1. The van der Waals surface area contributed by atoms with E-state index in [0.717, 1.165) is 36.9 Å². The first kappa shape index (κ1) is 16.0. The molecule has 1 aromatic carbocycles. The van der Waals surface area contributed by atoms with Crippen LogP contribution in [0.5, 0.6) is 0 Å². The molecular weight excluding hydrogens is 344 g/mol. The Kier molecular flexibility index (Phi) is 4.85. The van der Waals surface area contributed by atoms with E-state index in [-0.39, 0.29) is 18.6 Å². The molecule has 2 saturated heterocycles. The third kappa shape index (κ3) is 2.94. The number of aliphatic hydroxyl groups is 1. The third-order valence-corrected chi connectivity index (χ3v) is 5.60. The first-order chi connectivity index (χ1) is 10.6. The Bertz CT molecular complexity index is 534. The van der Waals surface area contributed by atoms with Crippen LogP contribution >= 0.6 is 15.9 Å². The van der Waals surface area contributed by atoms with Crippen molar-refractivity contribution in [2.75, 3.05) is 26.2 Å². The Labute approximate surface area is 140 Å². The normalized spacial score (nSPS) is 29.2. The molecule has 2 heterocycles. The Morgan fingerprint density at radius 3 is 2.59 bits per heavy atom. The van der Waals surface area contributed by atoms with Crippen LogP contribution in [0.25, 0.3) is 0 Å². The van der Waals surface area contributed by atoms with E-state index in [1.807, 2.05) is 4.90 Å². The molecule has 2 fully saturated rings. The number of rotatable bonds is 2. The monoisotopic (exact) mass is 366 g/mol. The predicted octanol–water partition coefficient (Wildman–Crippen LogP) is 2.22. The van der Waals surface area contributed by atoms with Crippen LogP contribution in [0, 0.1) is 0 Å². The van der Waals surface area contributed by atoms with E-state index in [1.165, 1.54) is 5.56 Å². The maximum atomic E-state index is 11.8. The number of hydrogen-bond donors (Lipinski definition) is 1. The van der Waals surface area contributed by atoms with Gasteiger partial charge < -0.3 is 10.0 Å². The third-order valence-electron chi connectivity index (χ3n) is 5.07. The number of hydrogen-bond acceptors (Lipinski definition) is 3. The van der Waals surface area contributed by atoms with E-state index in [4.69, 9.17) is 0 Å². The van der Waals surface area contributed by atoms with E-state index >= 15 is 0 Å². The van der Waals surface area contributed by atoms with Gasteiger partial charge in [-0.25, -0.2) is 0 Å². The van der Waals surface area contributed by atoms with E-state index in [2.05, 4.69) is 45.1 Å². The number of aliphatic hydroxyl groups excluding tert-OH is 1. The fraction of sp³-hybridized carbons (Fsp3) is 0.588. The molecule has 0 spiro atoms. The van der Waals surface area contributed by atoms with Crippen LogP contribution in [0.2, 0.25) is 0 Å². The summed E-state index contributed by atoms with van der Waals surface area (Å²) in [6.45, 7) is 4.48. The number of carbonyl (C=O) groups is 1. The molecule has 1 N–H and O–H groups in total. The van der Waals surface area contributed by atoms with Crippen LogP contribution in [-0.2, 0) is 4.79 Å². The van der Waals surface area contributed by atoms with Crippen molar-refractivity contribution in [2.24, 2.45) is 0 Å². The van der Waals surface area contributed by atoms with Gasteiger partial charge in [0.2, 0.25) is 5.91 Å². The number of carbonyl (C=O) groups excluding carboxylic acids is 1. The van der Waals surface area contributed by atoms with Crippen molar-refractivity contribution in [3.8, 4) is 0 Å². The Hall–Kier alpha value is -0.910. The molecule has 0 unspecified atom stereocenters. The molecule has 4 nitrogen and oxygen atoms in total. The van der Waals surface area contributed by atoms with Gasteiger partial charge in [-0.2, -0.15) is 0 Å². The molecule has 0 aromatic heterocycles. The maximum Gasteiger partial charge on any atom is 0.219 e. The minimum atomic E-state index is 0.156. The van der Waals surface area contributed by atoms with Crippen molar-refractivity contribution < 1.29 is 9.90 Å². The minimum absolute atomic E-state index is 0.156. The van der Waals surface area contributed by atoms with E-state index < -0.39 is 0 Å². The van der Waals surface area contributed by atoms with E-state index in [0.29, 0.717) is 12.0 Å². The molecule has 5 heteroatoms. The first-order valence-corrected chi connectivity index (χ1v) is 8.78. The van der Waals surface area contributed by atoms with Gasteiger partial charge in [0.1, 0.15) is 0 Å². The zero-order valence-corrected chi connectivity index (χ0v) is 14.5. The van der Waals surface area contributed by atoms with Crippen molar-refractivity contribution in [3.63, 3.8) is 0 Å². The van der Waals surface area contributed by atoms with Gasteiger partial charge in [0.15, 0.2) is 0 Å². The molecule has 0 radical (unpaired) electrons. The summed E-state index contributed by atoms with van der Waals surface area (Å²) in [4.78, 5) is 16.2. The van der Waals surface area contributed by atoms with E-state index in [1.54, 1.807) is 6.92 Å². The highest BCUT2D eigenvalue weighted by atomic mass is 79.9. The Morgan fingerprint density at radius 1 is 1.27 bits per heavy atom. The lowest BCUT2D eigenvalue weighted by Gasteiger charge is -2.57. The molecule has 2 aliphatic heterocycles. The smallest absolute Gasteiger partial charge is 0.219 e. The quantitative estimate of drug-likeness (QED) is 0.872. The molecule has 1 aromatic rings. The molecule has 22 heavy (non-hydrogen) atoms. The molecule has 3 atom stereocenters. The lowest BCUT2D eigenvalue weighted by atomic mass is 9.74. The number of fused-ring (bicyclic) bond motifs is 1. The SMILES string of the molecule is CC(=O)N1CCCCN2[C@@H](CO)[C@H](c3ccc(Br)cc3)[C@@H]2C1. The highest BCUT2D eigenvalue weighted by molar-refractivity contribution is 9.10. The van der Waals surface area contributed by atoms with Crippen LogP contribution in [0.1, 0.15) is 31.2 Å². The predicted molar refractivity (Wildman–Crippen MR) is 89.7 cm³/mol. The maximum absolute atomic E-state index is 11.8. The summed E-state index contributed by atoms with van der Waals surface area (Å²) in [5.74, 6) is 0.460.